The van der Waals surface area contributed by atoms with Crippen molar-refractivity contribution in [2.24, 2.45) is 0 Å². The Morgan fingerprint density at radius 2 is 2.14 bits per heavy atom. The third-order valence-corrected chi connectivity index (χ3v) is 4.28. The number of aromatic nitrogens is 1. The maximum Gasteiger partial charge on any atom is 0.329 e. The maximum atomic E-state index is 12.4. The molecule has 0 spiro atoms. The third kappa shape index (κ3) is 3.26. The Morgan fingerprint density at radius 3 is 2.71 bits per heavy atom. The topological polar surface area (TPSA) is 83.4 Å². The molecule has 116 valence electrons. The van der Waals surface area contributed by atoms with Crippen LogP contribution >= 0.6 is 0 Å². The first kappa shape index (κ1) is 15.6. The van der Waals surface area contributed by atoms with Gasteiger partial charge >= 0.3 is 5.97 Å². The van der Waals surface area contributed by atoms with Crippen molar-refractivity contribution >= 4 is 11.9 Å². The lowest BCUT2D eigenvalue weighted by atomic mass is 9.99. The summed E-state index contributed by atoms with van der Waals surface area (Å²) in [4.78, 5) is 23.8. The Morgan fingerprint density at radius 1 is 1.48 bits per heavy atom. The molecule has 6 heteroatoms. The zero-order valence-corrected chi connectivity index (χ0v) is 12.6. The molecule has 3 N–H and O–H groups in total. The van der Waals surface area contributed by atoms with Crippen LogP contribution < -0.4 is 10.6 Å². The lowest BCUT2D eigenvalue weighted by molar-refractivity contribution is -0.143. The fourth-order valence-electron chi connectivity index (χ4n) is 2.60. The molecule has 1 unspecified atom stereocenters. The van der Waals surface area contributed by atoms with Gasteiger partial charge in [0, 0.05) is 12.2 Å². The number of carbonyl (C=O) groups is 2. The van der Waals surface area contributed by atoms with E-state index in [1.165, 1.54) is 6.92 Å². The second kappa shape index (κ2) is 6.30. The zero-order chi connectivity index (χ0) is 15.5. The highest BCUT2D eigenvalue weighted by atomic mass is 16.4. The lowest BCUT2D eigenvalue weighted by Gasteiger charge is -2.28. The number of aliphatic carboxylic acids is 1. The van der Waals surface area contributed by atoms with Crippen molar-refractivity contribution in [3.63, 3.8) is 0 Å². The molecule has 1 aliphatic heterocycles. The van der Waals surface area contributed by atoms with Crippen LogP contribution in [0.5, 0.6) is 0 Å². The molecule has 0 saturated carbocycles. The van der Waals surface area contributed by atoms with Crippen molar-refractivity contribution in [2.45, 2.75) is 44.7 Å². The van der Waals surface area contributed by atoms with E-state index in [2.05, 4.69) is 10.6 Å². The number of nitrogens with zero attached hydrogens (tertiary/aromatic N) is 1. The molecule has 1 aromatic rings. The van der Waals surface area contributed by atoms with Gasteiger partial charge in [0.25, 0.3) is 5.91 Å². The summed E-state index contributed by atoms with van der Waals surface area (Å²) < 4.78 is 1.97. The van der Waals surface area contributed by atoms with Crippen LogP contribution in [0.3, 0.4) is 0 Å². The van der Waals surface area contributed by atoms with Crippen LogP contribution in [0.1, 0.15) is 49.6 Å². The molecule has 0 aromatic carbocycles. The number of carbonyl (C=O) groups excluding carboxylic acids is 1. The summed E-state index contributed by atoms with van der Waals surface area (Å²) in [5.74, 6) is -1.34. The van der Waals surface area contributed by atoms with Crippen molar-refractivity contribution in [1.29, 1.82) is 0 Å². The Labute approximate surface area is 124 Å². The summed E-state index contributed by atoms with van der Waals surface area (Å²) in [6, 6.07) is 3.87. The van der Waals surface area contributed by atoms with Crippen molar-refractivity contribution < 1.29 is 14.7 Å². The minimum absolute atomic E-state index is 0.291. The predicted octanol–water partition coefficient (Wildman–Crippen LogP) is 1.40. The number of rotatable bonds is 5. The van der Waals surface area contributed by atoms with Crippen molar-refractivity contribution in [3.05, 3.63) is 24.0 Å². The summed E-state index contributed by atoms with van der Waals surface area (Å²) in [6.07, 6.45) is 4.18. The van der Waals surface area contributed by atoms with Crippen LogP contribution in [-0.4, -0.2) is 40.2 Å². The largest absolute Gasteiger partial charge is 0.480 e. The van der Waals surface area contributed by atoms with Gasteiger partial charge < -0.3 is 20.3 Å². The van der Waals surface area contributed by atoms with E-state index >= 15 is 0 Å². The van der Waals surface area contributed by atoms with E-state index in [9.17, 15) is 14.7 Å². The lowest BCUT2D eigenvalue weighted by Crippen LogP contribution is -2.52. The van der Waals surface area contributed by atoms with Crippen LogP contribution in [0.15, 0.2) is 18.3 Å². The standard InChI is InChI=1S/C15H23N3O3/c1-3-15(2,14(20)21)17-13(19)12-5-4-10-18(12)11-6-8-16-9-7-11/h4-5,10-11,16H,3,6-9H2,1-2H3,(H,17,19)(H,20,21). The monoisotopic (exact) mass is 293 g/mol. The first-order valence-corrected chi connectivity index (χ1v) is 7.41. The molecule has 1 fully saturated rings. The molecule has 1 atom stereocenters. The molecule has 1 amide bonds. The van der Waals surface area contributed by atoms with Crippen LogP contribution in [0.4, 0.5) is 0 Å². The van der Waals surface area contributed by atoms with E-state index in [0.29, 0.717) is 18.2 Å². The minimum Gasteiger partial charge on any atom is -0.480 e. The summed E-state index contributed by atoms with van der Waals surface area (Å²) in [6.45, 7) is 5.16. The van der Waals surface area contributed by atoms with Gasteiger partial charge in [-0.2, -0.15) is 0 Å². The van der Waals surface area contributed by atoms with Gasteiger partial charge in [0.2, 0.25) is 0 Å². The van der Waals surface area contributed by atoms with Gasteiger partial charge in [-0.05, 0) is 51.4 Å². The third-order valence-electron chi connectivity index (χ3n) is 4.28. The quantitative estimate of drug-likeness (QED) is 0.766. The molecule has 0 radical (unpaired) electrons. The average Bonchev–Trinajstić information content (AvgIpc) is 2.97. The van der Waals surface area contributed by atoms with Gasteiger partial charge in [-0.25, -0.2) is 4.79 Å². The van der Waals surface area contributed by atoms with Gasteiger partial charge in [0.05, 0.1) is 0 Å². The zero-order valence-electron chi connectivity index (χ0n) is 12.6. The molecule has 1 aromatic heterocycles. The van der Waals surface area contributed by atoms with E-state index < -0.39 is 11.5 Å². The Balaban J connectivity index is 2.16. The van der Waals surface area contributed by atoms with Gasteiger partial charge in [-0.1, -0.05) is 6.92 Å². The van der Waals surface area contributed by atoms with Crippen molar-refractivity contribution in [1.82, 2.24) is 15.2 Å². The molecule has 0 aliphatic carbocycles. The van der Waals surface area contributed by atoms with Crippen LogP contribution in [0, 0.1) is 0 Å². The second-order valence-corrected chi connectivity index (χ2v) is 5.73. The van der Waals surface area contributed by atoms with E-state index in [4.69, 9.17) is 0 Å². The summed E-state index contributed by atoms with van der Waals surface area (Å²) >= 11 is 0. The molecule has 0 bridgehead atoms. The first-order chi connectivity index (χ1) is 9.98. The van der Waals surface area contributed by atoms with Gasteiger partial charge in [-0.3, -0.25) is 4.79 Å². The molecule has 1 saturated heterocycles. The SMILES string of the molecule is CCC(C)(NC(=O)c1cccn1C1CCNCC1)C(=O)O. The number of nitrogens with one attached hydrogen (secondary N) is 2. The van der Waals surface area contributed by atoms with Gasteiger partial charge in [0.15, 0.2) is 0 Å². The summed E-state index contributed by atoms with van der Waals surface area (Å²) in [5.41, 5.74) is -0.705. The number of carboxylic acid groups (broad SMARTS) is 1. The van der Waals surface area contributed by atoms with Gasteiger partial charge in [0.1, 0.15) is 11.2 Å². The van der Waals surface area contributed by atoms with E-state index in [1.807, 2.05) is 16.8 Å². The highest BCUT2D eigenvalue weighted by Crippen LogP contribution is 2.22. The first-order valence-electron chi connectivity index (χ1n) is 7.41. The maximum absolute atomic E-state index is 12.4. The Kier molecular flexibility index (Phi) is 4.67. The molecular formula is C15H23N3O3. The Bertz CT molecular complexity index is 520. The highest BCUT2D eigenvalue weighted by Gasteiger charge is 2.34. The highest BCUT2D eigenvalue weighted by molar-refractivity contribution is 5.96. The fourth-order valence-corrected chi connectivity index (χ4v) is 2.60. The van der Waals surface area contributed by atoms with Crippen LogP contribution in [0.2, 0.25) is 0 Å². The number of hydrogen-bond donors (Lipinski definition) is 3. The molecule has 21 heavy (non-hydrogen) atoms. The summed E-state index contributed by atoms with van der Waals surface area (Å²) in [5, 5.41) is 15.2. The van der Waals surface area contributed by atoms with E-state index in [0.717, 1.165) is 25.9 Å². The number of amides is 1. The molecule has 2 heterocycles. The number of piperidine rings is 1. The Hall–Kier alpha value is -1.82. The number of carboxylic acids is 1. The smallest absolute Gasteiger partial charge is 0.329 e. The van der Waals surface area contributed by atoms with Crippen LogP contribution in [0.25, 0.3) is 0 Å². The van der Waals surface area contributed by atoms with E-state index in [1.54, 1.807) is 13.0 Å². The van der Waals surface area contributed by atoms with Crippen LogP contribution in [-0.2, 0) is 4.79 Å². The van der Waals surface area contributed by atoms with Crippen molar-refractivity contribution in [3.8, 4) is 0 Å². The van der Waals surface area contributed by atoms with Crippen molar-refractivity contribution in [2.75, 3.05) is 13.1 Å². The average molecular weight is 293 g/mol. The number of hydrogen-bond acceptors (Lipinski definition) is 3. The van der Waals surface area contributed by atoms with Gasteiger partial charge in [-0.15, -0.1) is 0 Å². The fraction of sp³-hybridized carbons (Fsp3) is 0.600. The molecular weight excluding hydrogens is 270 g/mol. The predicted molar refractivity (Wildman–Crippen MR) is 79.4 cm³/mol. The molecule has 2 rings (SSSR count). The minimum atomic E-state index is -1.24. The molecule has 6 nitrogen and oxygen atoms in total. The van der Waals surface area contributed by atoms with E-state index in [-0.39, 0.29) is 5.91 Å². The molecule has 1 aliphatic rings. The normalized spacial score (nSPS) is 19.0. The second-order valence-electron chi connectivity index (χ2n) is 5.73. The summed E-state index contributed by atoms with van der Waals surface area (Å²) in [7, 11) is 0.